The molecule has 0 aromatic heterocycles. The average Bonchev–Trinajstić information content (AvgIpc) is 2.38. The van der Waals surface area contributed by atoms with Crippen LogP contribution < -0.4 is 0 Å². The number of hydrogen-bond acceptors (Lipinski definition) is 6. The maximum atomic E-state index is 8.88. The Bertz CT molecular complexity index is 272. The van der Waals surface area contributed by atoms with Gasteiger partial charge in [0, 0.05) is 10.1 Å². The van der Waals surface area contributed by atoms with E-state index in [-0.39, 0.29) is 0 Å². The SMILES string of the molecule is C=COOOOOCCCCCCCC(C)C.O=P(O)(O)O. The van der Waals surface area contributed by atoms with E-state index in [0.29, 0.717) is 6.61 Å². The van der Waals surface area contributed by atoms with Gasteiger partial charge in [0.05, 0.1) is 6.61 Å². The summed E-state index contributed by atoms with van der Waals surface area (Å²) >= 11 is 0. The van der Waals surface area contributed by atoms with E-state index < -0.39 is 7.82 Å². The van der Waals surface area contributed by atoms with Crippen LogP contribution in [0.3, 0.4) is 0 Å². The topological polar surface area (TPSA) is 124 Å². The van der Waals surface area contributed by atoms with Gasteiger partial charge < -0.3 is 19.6 Å². The molecule has 3 N–H and O–H groups in total. The summed E-state index contributed by atoms with van der Waals surface area (Å²) in [6.07, 6.45) is 8.26. The molecule has 0 radical (unpaired) electrons. The lowest BCUT2D eigenvalue weighted by molar-refractivity contribution is -0.700. The minimum absolute atomic E-state index is 0.474. The Balaban J connectivity index is 0. The molecule has 0 aliphatic carbocycles. The number of phosphoric acid groups is 1. The summed E-state index contributed by atoms with van der Waals surface area (Å²) in [6, 6.07) is 0. The van der Waals surface area contributed by atoms with Crippen molar-refractivity contribution < 1.29 is 44.1 Å². The second kappa shape index (κ2) is 16.9. The molecule has 0 heterocycles. The van der Waals surface area contributed by atoms with Crippen LogP contribution in [0.4, 0.5) is 0 Å². The summed E-state index contributed by atoms with van der Waals surface area (Å²) < 4.78 is 8.88. The van der Waals surface area contributed by atoms with Gasteiger partial charge >= 0.3 is 7.82 Å². The molecule has 0 bridgehead atoms. The second-order valence-corrected chi connectivity index (χ2v) is 5.78. The van der Waals surface area contributed by atoms with E-state index in [1.165, 1.54) is 25.7 Å². The summed E-state index contributed by atoms with van der Waals surface area (Å²) in [5.41, 5.74) is 0. The molecule has 0 spiro atoms. The van der Waals surface area contributed by atoms with Gasteiger partial charge in [0.15, 0.2) is 0 Å². The Morgan fingerprint density at radius 2 is 1.55 bits per heavy atom. The maximum absolute atomic E-state index is 8.88. The third kappa shape index (κ3) is 36.6. The van der Waals surface area contributed by atoms with Crippen molar-refractivity contribution in [3.8, 4) is 0 Å². The fourth-order valence-corrected chi connectivity index (χ4v) is 1.35. The van der Waals surface area contributed by atoms with Gasteiger partial charge in [0.2, 0.25) is 0 Å². The van der Waals surface area contributed by atoms with Crippen LogP contribution in [0.25, 0.3) is 0 Å². The van der Waals surface area contributed by atoms with Crippen molar-refractivity contribution in [3.63, 3.8) is 0 Å². The van der Waals surface area contributed by atoms with Gasteiger partial charge in [-0.1, -0.05) is 52.5 Å². The molecular formula is C12H27O9P. The summed E-state index contributed by atoms with van der Waals surface area (Å²) in [5, 5.41) is 12.2. The van der Waals surface area contributed by atoms with Gasteiger partial charge in [-0.05, 0) is 17.4 Å². The molecule has 0 fully saturated rings. The van der Waals surface area contributed by atoms with Crippen molar-refractivity contribution in [3.05, 3.63) is 12.8 Å². The van der Waals surface area contributed by atoms with Gasteiger partial charge in [-0.3, -0.25) is 0 Å². The highest BCUT2D eigenvalue weighted by Gasteiger charge is 2.00. The standard InChI is InChI=1S/C12H24O5.H3O4P/c1-4-13-15-17-16-14-11-9-7-5-6-8-10-12(2)3;1-5(2,3)4/h4,12H,1,5-11H2,2-3H3;(H3,1,2,3,4). The van der Waals surface area contributed by atoms with Crippen LogP contribution >= 0.6 is 7.82 Å². The van der Waals surface area contributed by atoms with E-state index in [1.807, 2.05) is 0 Å². The van der Waals surface area contributed by atoms with Gasteiger partial charge in [-0.2, -0.15) is 0 Å². The lowest BCUT2D eigenvalue weighted by Crippen LogP contribution is -1.99. The number of rotatable bonds is 13. The number of hydrogen-bond donors (Lipinski definition) is 3. The summed E-state index contributed by atoms with van der Waals surface area (Å²) in [5.74, 6) is 0.807. The maximum Gasteiger partial charge on any atom is 0.466 e. The van der Waals surface area contributed by atoms with Crippen molar-refractivity contribution >= 4 is 7.82 Å². The Morgan fingerprint density at radius 1 is 1.00 bits per heavy atom. The van der Waals surface area contributed by atoms with Crippen LogP contribution in [0.1, 0.15) is 52.4 Å². The zero-order valence-electron chi connectivity index (χ0n) is 13.0. The zero-order chi connectivity index (χ0) is 17.3. The first kappa shape index (κ1) is 23.8. The second-order valence-electron chi connectivity index (χ2n) is 4.75. The zero-order valence-corrected chi connectivity index (χ0v) is 13.9. The Labute approximate surface area is 130 Å². The predicted molar refractivity (Wildman–Crippen MR) is 77.3 cm³/mol. The van der Waals surface area contributed by atoms with Crippen LogP contribution in [0.5, 0.6) is 0 Å². The highest BCUT2D eigenvalue weighted by Crippen LogP contribution is 2.25. The Kier molecular flexibility index (Phi) is 18.2. The molecule has 0 unspecified atom stereocenters. The number of unbranched alkanes of at least 4 members (excludes halogenated alkanes) is 4. The minimum Gasteiger partial charge on any atom is -0.315 e. The van der Waals surface area contributed by atoms with E-state index in [4.69, 9.17) is 19.2 Å². The lowest BCUT2D eigenvalue weighted by atomic mass is 10.0. The van der Waals surface area contributed by atoms with Crippen molar-refractivity contribution in [2.45, 2.75) is 52.4 Å². The first-order valence-corrected chi connectivity index (χ1v) is 8.51. The molecule has 0 aromatic carbocycles. The molecule has 0 aromatic rings. The van der Waals surface area contributed by atoms with Gasteiger partial charge in [0.1, 0.15) is 6.26 Å². The highest BCUT2D eigenvalue weighted by atomic mass is 31.2. The van der Waals surface area contributed by atoms with Crippen LogP contribution in [0.2, 0.25) is 0 Å². The summed E-state index contributed by atoms with van der Waals surface area (Å²) in [4.78, 5) is 30.4. The van der Waals surface area contributed by atoms with E-state index >= 15 is 0 Å². The van der Waals surface area contributed by atoms with Gasteiger partial charge in [-0.25, -0.2) is 9.45 Å². The highest BCUT2D eigenvalue weighted by molar-refractivity contribution is 7.45. The molecule has 0 saturated heterocycles. The van der Waals surface area contributed by atoms with Crippen molar-refractivity contribution in [1.82, 2.24) is 0 Å². The van der Waals surface area contributed by atoms with E-state index in [2.05, 4.69) is 45.3 Å². The van der Waals surface area contributed by atoms with E-state index in [1.54, 1.807) is 0 Å². The van der Waals surface area contributed by atoms with Crippen molar-refractivity contribution in [2.75, 3.05) is 6.61 Å². The summed E-state index contributed by atoms with van der Waals surface area (Å²) in [6.45, 7) is 8.21. The quantitative estimate of drug-likeness (QED) is 0.152. The molecule has 10 heteroatoms. The molecule has 134 valence electrons. The largest absolute Gasteiger partial charge is 0.466 e. The van der Waals surface area contributed by atoms with Crippen molar-refractivity contribution in [1.29, 1.82) is 0 Å². The molecule has 0 rings (SSSR count). The molecule has 0 saturated carbocycles. The van der Waals surface area contributed by atoms with Crippen LogP contribution in [0, 0.1) is 5.92 Å². The van der Waals surface area contributed by atoms with E-state index in [9.17, 15) is 0 Å². The molecule has 9 nitrogen and oxygen atoms in total. The molecule has 0 amide bonds. The predicted octanol–water partition coefficient (Wildman–Crippen LogP) is 2.94. The molecule has 22 heavy (non-hydrogen) atoms. The third-order valence-corrected chi connectivity index (χ3v) is 2.22. The smallest absolute Gasteiger partial charge is 0.315 e. The van der Waals surface area contributed by atoms with Gasteiger partial charge in [-0.15, -0.1) is 0 Å². The molecule has 0 aliphatic heterocycles. The van der Waals surface area contributed by atoms with E-state index in [0.717, 1.165) is 25.0 Å². The molecule has 0 aliphatic rings. The lowest BCUT2D eigenvalue weighted by Gasteiger charge is -2.04. The Hall–Kier alpha value is -0.510. The monoisotopic (exact) mass is 346 g/mol. The van der Waals surface area contributed by atoms with Crippen LogP contribution in [-0.2, 0) is 29.5 Å². The van der Waals surface area contributed by atoms with Crippen LogP contribution in [-0.4, -0.2) is 21.3 Å². The normalized spacial score (nSPS) is 11.0. The average molecular weight is 346 g/mol. The fourth-order valence-electron chi connectivity index (χ4n) is 1.35. The van der Waals surface area contributed by atoms with Gasteiger partial charge in [0.25, 0.3) is 0 Å². The molecular weight excluding hydrogens is 319 g/mol. The van der Waals surface area contributed by atoms with Crippen LogP contribution in [0.15, 0.2) is 12.8 Å². The first-order valence-electron chi connectivity index (χ1n) is 6.94. The minimum atomic E-state index is -4.64. The summed E-state index contributed by atoms with van der Waals surface area (Å²) in [7, 11) is -4.64. The third-order valence-electron chi connectivity index (χ3n) is 2.22. The first-order chi connectivity index (χ1) is 10.3. The molecule has 0 atom stereocenters. The van der Waals surface area contributed by atoms with Crippen molar-refractivity contribution in [2.24, 2.45) is 5.92 Å². The fraction of sp³-hybridized carbons (Fsp3) is 0.833. The Morgan fingerprint density at radius 3 is 2.09 bits per heavy atom.